The molecular weight excluding hydrogens is 144 g/mol. The van der Waals surface area contributed by atoms with Crippen molar-refractivity contribution in [2.45, 2.75) is 59.8 Å². The summed E-state index contributed by atoms with van der Waals surface area (Å²) in [6.45, 7) is 9.58. The van der Waals surface area contributed by atoms with Crippen LogP contribution in [0, 0.1) is 17.3 Å². The van der Waals surface area contributed by atoms with E-state index in [0.29, 0.717) is 5.41 Å². The zero-order valence-corrected chi connectivity index (χ0v) is 9.19. The van der Waals surface area contributed by atoms with Gasteiger partial charge in [-0.15, -0.1) is 0 Å². The average Bonchev–Trinajstić information content (AvgIpc) is 2.43. The van der Waals surface area contributed by atoms with Crippen molar-refractivity contribution in [1.29, 1.82) is 0 Å². The van der Waals surface area contributed by atoms with Crippen molar-refractivity contribution in [1.82, 2.24) is 0 Å². The highest BCUT2D eigenvalue weighted by Gasteiger charge is 2.41. The quantitative estimate of drug-likeness (QED) is 0.591. The lowest BCUT2D eigenvalue weighted by Gasteiger charge is -2.33. The van der Waals surface area contributed by atoms with Crippen LogP contribution in [0.5, 0.6) is 0 Å². The summed E-state index contributed by atoms with van der Waals surface area (Å²) in [5.41, 5.74) is 0.709. The minimum Gasteiger partial charge on any atom is -0.0651 e. The Morgan fingerprint density at radius 1 is 1.17 bits per heavy atom. The van der Waals surface area contributed by atoms with Gasteiger partial charge in [0.25, 0.3) is 0 Å². The van der Waals surface area contributed by atoms with Gasteiger partial charge in [0.2, 0.25) is 0 Å². The van der Waals surface area contributed by atoms with Crippen LogP contribution in [0.3, 0.4) is 0 Å². The summed E-state index contributed by atoms with van der Waals surface area (Å²) in [4.78, 5) is 0. The minimum absolute atomic E-state index is 0.709. The Morgan fingerprint density at radius 2 is 1.75 bits per heavy atom. The average molecular weight is 168 g/mol. The van der Waals surface area contributed by atoms with Gasteiger partial charge in [0, 0.05) is 0 Å². The Hall–Kier alpha value is 0. The van der Waals surface area contributed by atoms with Crippen LogP contribution in [-0.2, 0) is 0 Å². The normalized spacial score (nSPS) is 34.0. The second-order valence-electron chi connectivity index (χ2n) is 4.57. The molecule has 1 rings (SSSR count). The lowest BCUT2D eigenvalue weighted by Crippen LogP contribution is -2.24. The highest BCUT2D eigenvalue weighted by Crippen LogP contribution is 2.52. The molecule has 12 heavy (non-hydrogen) atoms. The van der Waals surface area contributed by atoms with E-state index in [-0.39, 0.29) is 0 Å². The highest BCUT2D eigenvalue weighted by atomic mass is 14.5. The van der Waals surface area contributed by atoms with Gasteiger partial charge in [-0.1, -0.05) is 47.0 Å². The van der Waals surface area contributed by atoms with Crippen molar-refractivity contribution in [3.63, 3.8) is 0 Å². The van der Waals surface area contributed by atoms with Gasteiger partial charge in [-0.2, -0.15) is 0 Å². The number of rotatable bonds is 3. The monoisotopic (exact) mass is 168 g/mol. The van der Waals surface area contributed by atoms with Crippen LogP contribution >= 0.6 is 0 Å². The van der Waals surface area contributed by atoms with Crippen molar-refractivity contribution in [2.24, 2.45) is 17.3 Å². The third-order valence-corrected chi connectivity index (χ3v) is 4.62. The molecule has 1 aliphatic rings. The summed E-state index contributed by atoms with van der Waals surface area (Å²) in [5.74, 6) is 1.99. The predicted octanol–water partition coefficient (Wildman–Crippen LogP) is 4.25. The fraction of sp³-hybridized carbons (Fsp3) is 1.00. The Labute approximate surface area is 77.7 Å². The van der Waals surface area contributed by atoms with Gasteiger partial charge in [-0.05, 0) is 30.1 Å². The van der Waals surface area contributed by atoms with Gasteiger partial charge in [0.1, 0.15) is 0 Å². The molecule has 0 N–H and O–H groups in total. The van der Waals surface area contributed by atoms with Crippen LogP contribution in [0.25, 0.3) is 0 Å². The summed E-state index contributed by atoms with van der Waals surface area (Å²) >= 11 is 0. The van der Waals surface area contributed by atoms with Crippen LogP contribution in [0.4, 0.5) is 0 Å². The van der Waals surface area contributed by atoms with E-state index in [4.69, 9.17) is 0 Å². The van der Waals surface area contributed by atoms with Crippen molar-refractivity contribution in [3.05, 3.63) is 0 Å². The fourth-order valence-electron chi connectivity index (χ4n) is 3.26. The fourth-order valence-corrected chi connectivity index (χ4v) is 3.26. The number of hydrogen-bond donors (Lipinski definition) is 0. The van der Waals surface area contributed by atoms with Gasteiger partial charge in [0.15, 0.2) is 0 Å². The smallest absolute Gasteiger partial charge is 0.0274 e. The molecule has 2 unspecified atom stereocenters. The van der Waals surface area contributed by atoms with Gasteiger partial charge in [0.05, 0.1) is 0 Å². The number of hydrogen-bond acceptors (Lipinski definition) is 0. The van der Waals surface area contributed by atoms with E-state index in [1.807, 2.05) is 0 Å². The van der Waals surface area contributed by atoms with Crippen molar-refractivity contribution < 1.29 is 0 Å². The van der Waals surface area contributed by atoms with Crippen LogP contribution in [0.2, 0.25) is 0 Å². The SMILES string of the molecule is CCC1CCC(CC)(CC)C1C. The van der Waals surface area contributed by atoms with E-state index in [2.05, 4.69) is 27.7 Å². The topological polar surface area (TPSA) is 0 Å². The maximum Gasteiger partial charge on any atom is -0.0274 e. The molecule has 0 saturated heterocycles. The molecule has 1 aliphatic carbocycles. The van der Waals surface area contributed by atoms with E-state index in [1.54, 1.807) is 0 Å². The van der Waals surface area contributed by atoms with E-state index in [0.717, 1.165) is 11.8 Å². The molecule has 0 spiro atoms. The third kappa shape index (κ3) is 1.41. The lowest BCUT2D eigenvalue weighted by molar-refractivity contribution is 0.168. The molecule has 1 saturated carbocycles. The zero-order chi connectivity index (χ0) is 9.19. The highest BCUT2D eigenvalue weighted by molar-refractivity contribution is 4.92. The first-order valence-corrected chi connectivity index (χ1v) is 5.70. The molecule has 0 aromatic carbocycles. The Bertz CT molecular complexity index is 133. The molecule has 1 fully saturated rings. The van der Waals surface area contributed by atoms with E-state index >= 15 is 0 Å². The van der Waals surface area contributed by atoms with Crippen LogP contribution in [-0.4, -0.2) is 0 Å². The van der Waals surface area contributed by atoms with E-state index < -0.39 is 0 Å². The standard InChI is InChI=1S/C12H24/c1-5-11-8-9-12(6-2,7-3)10(11)4/h10-11H,5-9H2,1-4H3. The third-order valence-electron chi connectivity index (χ3n) is 4.62. The van der Waals surface area contributed by atoms with Gasteiger partial charge in [-0.3, -0.25) is 0 Å². The molecule has 0 aromatic rings. The summed E-state index contributed by atoms with van der Waals surface area (Å²) in [6.07, 6.45) is 7.14. The maximum atomic E-state index is 2.48. The van der Waals surface area contributed by atoms with E-state index in [9.17, 15) is 0 Å². The molecule has 0 heterocycles. The molecule has 0 aromatic heterocycles. The summed E-state index contributed by atoms with van der Waals surface area (Å²) < 4.78 is 0. The Balaban J connectivity index is 2.68. The molecule has 0 bridgehead atoms. The van der Waals surface area contributed by atoms with Crippen LogP contribution < -0.4 is 0 Å². The van der Waals surface area contributed by atoms with Gasteiger partial charge >= 0.3 is 0 Å². The summed E-state index contributed by atoms with van der Waals surface area (Å²) in [7, 11) is 0. The van der Waals surface area contributed by atoms with Crippen molar-refractivity contribution in [2.75, 3.05) is 0 Å². The molecule has 0 nitrogen and oxygen atoms in total. The van der Waals surface area contributed by atoms with Gasteiger partial charge in [-0.25, -0.2) is 0 Å². The second kappa shape index (κ2) is 3.81. The molecule has 72 valence electrons. The Morgan fingerprint density at radius 3 is 2.00 bits per heavy atom. The molecule has 0 heteroatoms. The molecule has 0 radical (unpaired) electrons. The minimum atomic E-state index is 0.709. The first-order valence-electron chi connectivity index (χ1n) is 5.70. The first kappa shape index (κ1) is 10.1. The lowest BCUT2D eigenvalue weighted by atomic mass is 9.72. The van der Waals surface area contributed by atoms with E-state index in [1.165, 1.54) is 32.1 Å². The van der Waals surface area contributed by atoms with Crippen LogP contribution in [0.15, 0.2) is 0 Å². The maximum absolute atomic E-state index is 2.48. The molecule has 0 aliphatic heterocycles. The summed E-state index contributed by atoms with van der Waals surface area (Å²) in [5, 5.41) is 0. The van der Waals surface area contributed by atoms with Crippen molar-refractivity contribution in [3.8, 4) is 0 Å². The van der Waals surface area contributed by atoms with Crippen LogP contribution in [0.1, 0.15) is 59.8 Å². The molecule has 2 atom stereocenters. The predicted molar refractivity (Wildman–Crippen MR) is 55.2 cm³/mol. The zero-order valence-electron chi connectivity index (χ0n) is 9.19. The molecule has 0 amide bonds. The molecular formula is C12H24. The Kier molecular flexibility index (Phi) is 3.20. The summed E-state index contributed by atoms with van der Waals surface area (Å²) in [6, 6.07) is 0. The second-order valence-corrected chi connectivity index (χ2v) is 4.57. The van der Waals surface area contributed by atoms with Gasteiger partial charge < -0.3 is 0 Å². The first-order chi connectivity index (χ1) is 5.70. The largest absolute Gasteiger partial charge is 0.0651 e. The van der Waals surface area contributed by atoms with Crippen molar-refractivity contribution >= 4 is 0 Å².